The Morgan fingerprint density at radius 2 is 1.54 bits per heavy atom. The fourth-order valence-electron chi connectivity index (χ4n) is 3.42. The summed E-state index contributed by atoms with van der Waals surface area (Å²) >= 11 is 2.95. The van der Waals surface area contributed by atoms with E-state index < -0.39 is 36.0 Å². The molecule has 39 heavy (non-hydrogen) atoms. The van der Waals surface area contributed by atoms with Gasteiger partial charge in [0.25, 0.3) is 0 Å². The van der Waals surface area contributed by atoms with Gasteiger partial charge in [-0.2, -0.15) is 0 Å². The van der Waals surface area contributed by atoms with Crippen molar-refractivity contribution >= 4 is 39.6 Å². The highest BCUT2D eigenvalue weighted by molar-refractivity contribution is 9.09. The largest absolute Gasteiger partial charge is 0.481 e. The van der Waals surface area contributed by atoms with Crippen LogP contribution in [0.4, 0.5) is 0 Å². The summed E-state index contributed by atoms with van der Waals surface area (Å²) in [5, 5.41) is 28.9. The summed E-state index contributed by atoms with van der Waals surface area (Å²) < 4.78 is 5.55. The molecule has 2 atom stereocenters. The van der Waals surface area contributed by atoms with Gasteiger partial charge in [-0.15, -0.1) is 0 Å². The number of aliphatic carboxylic acids is 1. The number of hydrogen-bond acceptors (Lipinski definition) is 7. The van der Waals surface area contributed by atoms with Crippen LogP contribution in [0.3, 0.4) is 0 Å². The number of aliphatic hydroxyl groups is 1. The molecule has 0 aromatic heterocycles. The SMILES string of the molecule is Cc1ccc(Cc2ccc(COCNC(O)CNC(=O)[C@H](CCC(=O)O)NC(=O)CNC(=O)CBr)cc2)cc1. The van der Waals surface area contributed by atoms with Crippen LogP contribution in [0.15, 0.2) is 48.5 Å². The smallest absolute Gasteiger partial charge is 0.303 e. The molecule has 0 aliphatic heterocycles. The number of carbonyl (C=O) groups excluding carboxylic acids is 3. The maximum absolute atomic E-state index is 12.5. The molecule has 0 spiro atoms. The lowest BCUT2D eigenvalue weighted by molar-refractivity contribution is -0.138. The van der Waals surface area contributed by atoms with E-state index in [4.69, 9.17) is 9.84 Å². The van der Waals surface area contributed by atoms with Gasteiger partial charge in [0.05, 0.1) is 31.8 Å². The van der Waals surface area contributed by atoms with E-state index in [0.29, 0.717) is 6.61 Å². The normalized spacial score (nSPS) is 12.3. The summed E-state index contributed by atoms with van der Waals surface area (Å²) in [7, 11) is 0. The third-order valence-electron chi connectivity index (χ3n) is 5.58. The predicted molar refractivity (Wildman–Crippen MR) is 148 cm³/mol. The van der Waals surface area contributed by atoms with E-state index in [-0.39, 0.29) is 38.0 Å². The molecule has 2 aromatic carbocycles. The molecule has 0 bridgehead atoms. The maximum atomic E-state index is 12.5. The van der Waals surface area contributed by atoms with Gasteiger partial charge in [-0.05, 0) is 36.5 Å². The zero-order valence-electron chi connectivity index (χ0n) is 21.7. The maximum Gasteiger partial charge on any atom is 0.303 e. The Bertz CT molecular complexity index is 1080. The Kier molecular flexibility index (Phi) is 14.2. The number of hydrogen-bond donors (Lipinski definition) is 6. The molecule has 0 radical (unpaired) electrons. The van der Waals surface area contributed by atoms with Crippen molar-refractivity contribution in [2.75, 3.05) is 25.2 Å². The summed E-state index contributed by atoms with van der Waals surface area (Å²) in [4.78, 5) is 46.7. The molecule has 3 amide bonds. The molecule has 0 saturated heterocycles. The van der Waals surface area contributed by atoms with Crippen molar-refractivity contribution in [3.8, 4) is 0 Å². The quantitative estimate of drug-likeness (QED) is 0.0879. The average molecular weight is 608 g/mol. The second-order valence-electron chi connectivity index (χ2n) is 8.90. The minimum absolute atomic E-state index is 0.0125. The van der Waals surface area contributed by atoms with E-state index in [1.54, 1.807) is 0 Å². The number of aliphatic hydroxyl groups excluding tert-OH is 1. The van der Waals surface area contributed by atoms with Gasteiger partial charge in [-0.25, -0.2) is 0 Å². The molecular formula is C27H35BrN4O7. The van der Waals surface area contributed by atoms with E-state index in [9.17, 15) is 24.3 Å². The van der Waals surface area contributed by atoms with Gasteiger partial charge in [-0.1, -0.05) is 70.0 Å². The first-order valence-corrected chi connectivity index (χ1v) is 13.5. The fourth-order valence-corrected chi connectivity index (χ4v) is 3.62. The molecule has 0 aliphatic rings. The van der Waals surface area contributed by atoms with Crippen LogP contribution in [0.2, 0.25) is 0 Å². The highest BCUT2D eigenvalue weighted by Gasteiger charge is 2.22. The second-order valence-corrected chi connectivity index (χ2v) is 9.46. The Labute approximate surface area is 235 Å². The van der Waals surface area contributed by atoms with Crippen LogP contribution in [0.5, 0.6) is 0 Å². The zero-order chi connectivity index (χ0) is 28.6. The van der Waals surface area contributed by atoms with Crippen LogP contribution >= 0.6 is 15.9 Å². The number of benzene rings is 2. The van der Waals surface area contributed by atoms with Gasteiger partial charge in [0.1, 0.15) is 12.3 Å². The van der Waals surface area contributed by atoms with Crippen molar-refractivity contribution in [1.82, 2.24) is 21.3 Å². The molecule has 212 valence electrons. The van der Waals surface area contributed by atoms with Crippen molar-refractivity contribution < 1.29 is 34.1 Å². The van der Waals surface area contributed by atoms with Gasteiger partial charge < -0.3 is 30.9 Å². The first-order chi connectivity index (χ1) is 18.7. The number of rotatable bonds is 17. The Morgan fingerprint density at radius 3 is 2.15 bits per heavy atom. The average Bonchev–Trinajstić information content (AvgIpc) is 2.92. The van der Waals surface area contributed by atoms with Crippen LogP contribution in [-0.4, -0.2) is 71.3 Å². The van der Waals surface area contributed by atoms with Gasteiger partial charge in [0, 0.05) is 6.42 Å². The van der Waals surface area contributed by atoms with Crippen molar-refractivity contribution in [3.63, 3.8) is 0 Å². The third kappa shape index (κ3) is 13.3. The molecule has 2 rings (SSSR count). The monoisotopic (exact) mass is 606 g/mol. The molecule has 0 saturated carbocycles. The molecule has 11 nitrogen and oxygen atoms in total. The molecule has 0 heterocycles. The van der Waals surface area contributed by atoms with Crippen LogP contribution in [0, 0.1) is 6.92 Å². The molecule has 0 aliphatic carbocycles. The summed E-state index contributed by atoms with van der Waals surface area (Å²) in [5.74, 6) is -2.85. The van der Waals surface area contributed by atoms with Gasteiger partial charge >= 0.3 is 5.97 Å². The topological polar surface area (TPSA) is 166 Å². The van der Waals surface area contributed by atoms with Gasteiger partial charge in [0.2, 0.25) is 17.7 Å². The Morgan fingerprint density at radius 1 is 0.923 bits per heavy atom. The summed E-state index contributed by atoms with van der Waals surface area (Å²) in [6.07, 6.45) is -0.807. The van der Waals surface area contributed by atoms with Crippen LogP contribution in [-0.2, 0) is 36.9 Å². The lowest BCUT2D eigenvalue weighted by Crippen LogP contribution is -2.52. The Balaban J connectivity index is 1.70. The number of aryl methyl sites for hydroxylation is 1. The summed E-state index contributed by atoms with van der Waals surface area (Å²) in [6, 6.07) is 15.3. The number of nitrogens with one attached hydrogen (secondary N) is 4. The van der Waals surface area contributed by atoms with E-state index >= 15 is 0 Å². The number of carboxylic acid groups (broad SMARTS) is 1. The van der Waals surface area contributed by atoms with Gasteiger partial charge in [-0.3, -0.25) is 24.5 Å². The minimum atomic E-state index is -1.15. The molecule has 1 unspecified atom stereocenters. The van der Waals surface area contributed by atoms with Crippen molar-refractivity contribution in [2.45, 2.75) is 45.1 Å². The third-order valence-corrected chi connectivity index (χ3v) is 6.09. The summed E-state index contributed by atoms with van der Waals surface area (Å²) in [5.41, 5.74) is 4.62. The Hall–Kier alpha value is -3.32. The number of alkyl halides is 1. The van der Waals surface area contributed by atoms with Gasteiger partial charge in [0.15, 0.2) is 0 Å². The van der Waals surface area contributed by atoms with Crippen LogP contribution < -0.4 is 21.3 Å². The standard InChI is InChI=1S/C27H35BrN4O7/c1-18-2-4-19(5-3-18)12-20-6-8-21(9-7-20)16-39-17-31-24(34)14-30-27(38)22(10-11-26(36)37)32-25(35)15-29-23(33)13-28/h2-9,22,24,31,34H,10-17H2,1H3,(H,29,33)(H,30,38)(H,32,35)(H,36,37)/t22-,24?/m0/s1. The van der Waals surface area contributed by atoms with E-state index in [1.165, 1.54) is 16.7 Å². The number of carboxylic acids is 1. The first-order valence-electron chi connectivity index (χ1n) is 12.4. The lowest BCUT2D eigenvalue weighted by atomic mass is 10.0. The zero-order valence-corrected chi connectivity index (χ0v) is 23.3. The van der Waals surface area contributed by atoms with Crippen molar-refractivity contribution in [1.29, 1.82) is 0 Å². The predicted octanol–water partition coefficient (Wildman–Crippen LogP) is 0.945. The molecule has 12 heteroatoms. The summed E-state index contributed by atoms with van der Waals surface area (Å²) in [6.45, 7) is 1.85. The van der Waals surface area contributed by atoms with Crippen molar-refractivity contribution in [2.24, 2.45) is 0 Å². The number of amides is 3. The van der Waals surface area contributed by atoms with E-state index in [2.05, 4.69) is 68.4 Å². The second kappa shape index (κ2) is 17.3. The highest BCUT2D eigenvalue weighted by atomic mass is 79.9. The molecule has 2 aromatic rings. The molecule has 6 N–H and O–H groups in total. The first kappa shape index (κ1) is 31.9. The van der Waals surface area contributed by atoms with Crippen LogP contribution in [0.1, 0.15) is 35.1 Å². The molecular weight excluding hydrogens is 572 g/mol. The number of halogens is 1. The minimum Gasteiger partial charge on any atom is -0.481 e. The molecule has 0 fully saturated rings. The number of carbonyl (C=O) groups is 4. The highest BCUT2D eigenvalue weighted by Crippen LogP contribution is 2.12. The van der Waals surface area contributed by atoms with Crippen LogP contribution in [0.25, 0.3) is 0 Å². The fraction of sp³-hybridized carbons (Fsp3) is 0.407. The van der Waals surface area contributed by atoms with Crippen molar-refractivity contribution in [3.05, 3.63) is 70.8 Å². The van der Waals surface area contributed by atoms with E-state index in [1.807, 2.05) is 24.3 Å². The lowest BCUT2D eigenvalue weighted by Gasteiger charge is -2.20. The van der Waals surface area contributed by atoms with E-state index in [0.717, 1.165) is 12.0 Å². The number of ether oxygens (including phenoxy) is 1.